The molecular formula is C16H16BrFO. The molecule has 0 radical (unpaired) electrons. The zero-order valence-corrected chi connectivity index (χ0v) is 12.8. The Kier molecular flexibility index (Phi) is 3.95. The van der Waals surface area contributed by atoms with Crippen LogP contribution in [0.25, 0.3) is 0 Å². The third kappa shape index (κ3) is 3.57. The van der Waals surface area contributed by atoms with Gasteiger partial charge in [-0.3, -0.25) is 0 Å². The van der Waals surface area contributed by atoms with Crippen LogP contribution in [0.5, 0.6) is 11.5 Å². The quantitative estimate of drug-likeness (QED) is 0.691. The van der Waals surface area contributed by atoms with Crippen molar-refractivity contribution in [3.05, 3.63) is 58.3 Å². The summed E-state index contributed by atoms with van der Waals surface area (Å²) in [7, 11) is 0. The molecule has 0 saturated carbocycles. The number of halogens is 2. The van der Waals surface area contributed by atoms with E-state index in [9.17, 15) is 4.39 Å². The lowest BCUT2D eigenvalue weighted by Gasteiger charge is -2.19. The minimum absolute atomic E-state index is 0.113. The first kappa shape index (κ1) is 14.1. The standard InChI is InChI=1S/C16H16BrFO/c1-16(2,3)11-4-6-12(7-5-11)19-13-8-9-14(17)15(18)10-13/h4-10H,1-3H3. The summed E-state index contributed by atoms with van der Waals surface area (Å²) in [5.41, 5.74) is 1.35. The first-order chi connectivity index (χ1) is 8.86. The highest BCUT2D eigenvalue weighted by atomic mass is 79.9. The minimum atomic E-state index is -0.330. The van der Waals surface area contributed by atoms with E-state index in [0.717, 1.165) is 0 Å². The van der Waals surface area contributed by atoms with Gasteiger partial charge >= 0.3 is 0 Å². The molecule has 0 spiro atoms. The molecule has 0 aliphatic rings. The van der Waals surface area contributed by atoms with Crippen LogP contribution in [-0.2, 0) is 5.41 Å². The molecular weight excluding hydrogens is 307 g/mol. The van der Waals surface area contributed by atoms with E-state index in [1.165, 1.54) is 11.6 Å². The Hall–Kier alpha value is -1.35. The number of rotatable bonds is 2. The highest BCUT2D eigenvalue weighted by Gasteiger charge is 2.13. The molecule has 0 N–H and O–H groups in total. The predicted molar refractivity (Wildman–Crippen MR) is 79.3 cm³/mol. The van der Waals surface area contributed by atoms with Gasteiger partial charge in [-0.05, 0) is 51.2 Å². The van der Waals surface area contributed by atoms with Crippen molar-refractivity contribution in [3.63, 3.8) is 0 Å². The van der Waals surface area contributed by atoms with Gasteiger partial charge in [0.25, 0.3) is 0 Å². The second-order valence-corrected chi connectivity index (χ2v) is 6.31. The van der Waals surface area contributed by atoms with Crippen molar-refractivity contribution in [2.45, 2.75) is 26.2 Å². The van der Waals surface area contributed by atoms with Crippen LogP contribution in [0.3, 0.4) is 0 Å². The van der Waals surface area contributed by atoms with Crippen LogP contribution in [0.2, 0.25) is 0 Å². The van der Waals surface area contributed by atoms with E-state index >= 15 is 0 Å². The summed E-state index contributed by atoms with van der Waals surface area (Å²) < 4.78 is 19.4. The van der Waals surface area contributed by atoms with Crippen molar-refractivity contribution >= 4 is 15.9 Å². The van der Waals surface area contributed by atoms with Crippen LogP contribution in [0.1, 0.15) is 26.3 Å². The number of hydrogen-bond donors (Lipinski definition) is 0. The van der Waals surface area contributed by atoms with Gasteiger partial charge in [0.1, 0.15) is 17.3 Å². The van der Waals surface area contributed by atoms with Crippen molar-refractivity contribution in [1.29, 1.82) is 0 Å². The first-order valence-corrected chi connectivity index (χ1v) is 6.89. The molecule has 0 aliphatic carbocycles. The molecule has 0 amide bonds. The third-order valence-electron chi connectivity index (χ3n) is 2.85. The van der Waals surface area contributed by atoms with Crippen LogP contribution in [-0.4, -0.2) is 0 Å². The van der Waals surface area contributed by atoms with Gasteiger partial charge < -0.3 is 4.74 Å². The molecule has 0 unspecified atom stereocenters. The Morgan fingerprint density at radius 1 is 0.947 bits per heavy atom. The highest BCUT2D eigenvalue weighted by Crippen LogP contribution is 2.28. The molecule has 2 aromatic carbocycles. The van der Waals surface area contributed by atoms with Gasteiger partial charge in [-0.2, -0.15) is 0 Å². The number of ether oxygens (including phenoxy) is 1. The van der Waals surface area contributed by atoms with Crippen LogP contribution >= 0.6 is 15.9 Å². The largest absolute Gasteiger partial charge is 0.457 e. The number of hydrogen-bond acceptors (Lipinski definition) is 1. The molecule has 0 aromatic heterocycles. The monoisotopic (exact) mass is 322 g/mol. The van der Waals surface area contributed by atoms with E-state index in [2.05, 4.69) is 36.7 Å². The Morgan fingerprint density at radius 3 is 2.05 bits per heavy atom. The van der Waals surface area contributed by atoms with Gasteiger partial charge in [0.2, 0.25) is 0 Å². The van der Waals surface area contributed by atoms with Crippen LogP contribution in [0.15, 0.2) is 46.9 Å². The predicted octanol–water partition coefficient (Wildman–Crippen LogP) is 5.68. The lowest BCUT2D eigenvalue weighted by atomic mass is 9.87. The van der Waals surface area contributed by atoms with Crippen molar-refractivity contribution in [2.75, 3.05) is 0 Å². The summed E-state index contributed by atoms with van der Waals surface area (Å²) in [4.78, 5) is 0. The summed E-state index contributed by atoms with van der Waals surface area (Å²) in [6.07, 6.45) is 0. The Morgan fingerprint density at radius 2 is 1.53 bits per heavy atom. The van der Waals surface area contributed by atoms with Crippen molar-refractivity contribution in [1.82, 2.24) is 0 Å². The molecule has 2 aromatic rings. The van der Waals surface area contributed by atoms with E-state index in [0.29, 0.717) is 16.0 Å². The average molecular weight is 323 g/mol. The second kappa shape index (κ2) is 5.33. The van der Waals surface area contributed by atoms with E-state index < -0.39 is 0 Å². The van der Waals surface area contributed by atoms with E-state index in [4.69, 9.17) is 4.74 Å². The SMILES string of the molecule is CC(C)(C)c1ccc(Oc2ccc(Br)c(F)c2)cc1. The lowest BCUT2D eigenvalue weighted by Crippen LogP contribution is -2.10. The van der Waals surface area contributed by atoms with Crippen molar-refractivity contribution < 1.29 is 9.13 Å². The van der Waals surface area contributed by atoms with E-state index in [1.54, 1.807) is 12.1 Å². The Bertz CT molecular complexity index is 570. The summed E-state index contributed by atoms with van der Waals surface area (Å²) in [6, 6.07) is 12.6. The van der Waals surface area contributed by atoms with E-state index in [1.807, 2.05) is 24.3 Å². The lowest BCUT2D eigenvalue weighted by molar-refractivity contribution is 0.475. The van der Waals surface area contributed by atoms with Gasteiger partial charge in [0.15, 0.2) is 0 Å². The second-order valence-electron chi connectivity index (χ2n) is 5.45. The first-order valence-electron chi connectivity index (χ1n) is 6.10. The molecule has 0 bridgehead atoms. The summed E-state index contributed by atoms with van der Waals surface area (Å²) >= 11 is 3.12. The van der Waals surface area contributed by atoms with Crippen LogP contribution < -0.4 is 4.74 Å². The average Bonchev–Trinajstić information content (AvgIpc) is 2.33. The van der Waals surface area contributed by atoms with Gasteiger partial charge in [-0.1, -0.05) is 32.9 Å². The van der Waals surface area contributed by atoms with Gasteiger partial charge in [-0.15, -0.1) is 0 Å². The molecule has 2 rings (SSSR count). The summed E-state index contributed by atoms with van der Waals surface area (Å²) in [6.45, 7) is 6.48. The fourth-order valence-corrected chi connectivity index (χ4v) is 1.95. The minimum Gasteiger partial charge on any atom is -0.457 e. The Labute approximate surface area is 121 Å². The van der Waals surface area contributed by atoms with Gasteiger partial charge in [0.05, 0.1) is 4.47 Å². The normalized spacial score (nSPS) is 11.4. The molecule has 1 nitrogen and oxygen atoms in total. The molecule has 0 heterocycles. The van der Waals surface area contributed by atoms with Crippen molar-refractivity contribution in [2.24, 2.45) is 0 Å². The third-order valence-corrected chi connectivity index (χ3v) is 3.49. The van der Waals surface area contributed by atoms with E-state index in [-0.39, 0.29) is 11.2 Å². The zero-order valence-electron chi connectivity index (χ0n) is 11.2. The van der Waals surface area contributed by atoms with Crippen molar-refractivity contribution in [3.8, 4) is 11.5 Å². The summed E-state index contributed by atoms with van der Waals surface area (Å²) in [5.74, 6) is 0.864. The topological polar surface area (TPSA) is 9.23 Å². The molecule has 0 saturated heterocycles. The highest BCUT2D eigenvalue weighted by molar-refractivity contribution is 9.10. The maximum Gasteiger partial charge on any atom is 0.141 e. The molecule has 0 fully saturated rings. The smallest absolute Gasteiger partial charge is 0.141 e. The molecule has 100 valence electrons. The maximum absolute atomic E-state index is 13.4. The summed E-state index contributed by atoms with van der Waals surface area (Å²) in [5, 5.41) is 0. The van der Waals surface area contributed by atoms with Crippen LogP contribution in [0, 0.1) is 5.82 Å². The van der Waals surface area contributed by atoms with Gasteiger partial charge in [0, 0.05) is 6.07 Å². The molecule has 0 aliphatic heterocycles. The van der Waals surface area contributed by atoms with Gasteiger partial charge in [-0.25, -0.2) is 4.39 Å². The molecule has 3 heteroatoms. The fourth-order valence-electron chi connectivity index (χ4n) is 1.70. The zero-order chi connectivity index (χ0) is 14.0. The fraction of sp³-hybridized carbons (Fsp3) is 0.250. The Balaban J connectivity index is 2.17. The maximum atomic E-state index is 13.4. The van der Waals surface area contributed by atoms with Crippen LogP contribution in [0.4, 0.5) is 4.39 Å². The molecule has 0 atom stereocenters. The molecule has 19 heavy (non-hydrogen) atoms. The number of benzene rings is 2.